The first-order valence-corrected chi connectivity index (χ1v) is 9.04. The summed E-state index contributed by atoms with van der Waals surface area (Å²) in [6.45, 7) is 3.51. The summed E-state index contributed by atoms with van der Waals surface area (Å²) in [4.78, 5) is 28.8. The highest BCUT2D eigenvalue weighted by molar-refractivity contribution is 5.98. The first kappa shape index (κ1) is 19.5. The SMILES string of the molecule is COc1ccc(C(=O)N2CCN(C(=O)c3ccc(C)cc3O)CC2)cc1OC. The number of hydrogen-bond acceptors (Lipinski definition) is 5. The second kappa shape index (κ2) is 8.21. The molecular formula is C21H24N2O5. The van der Waals surface area contributed by atoms with Crippen molar-refractivity contribution < 1.29 is 24.2 Å². The summed E-state index contributed by atoms with van der Waals surface area (Å²) in [5, 5.41) is 10.0. The highest BCUT2D eigenvalue weighted by Crippen LogP contribution is 2.28. The van der Waals surface area contributed by atoms with Crippen LogP contribution in [0.3, 0.4) is 0 Å². The average molecular weight is 384 g/mol. The molecule has 2 aromatic carbocycles. The van der Waals surface area contributed by atoms with Crippen molar-refractivity contribution in [2.75, 3.05) is 40.4 Å². The first-order valence-electron chi connectivity index (χ1n) is 9.04. The highest BCUT2D eigenvalue weighted by atomic mass is 16.5. The number of carbonyl (C=O) groups excluding carboxylic acids is 2. The van der Waals surface area contributed by atoms with Crippen LogP contribution < -0.4 is 9.47 Å². The lowest BCUT2D eigenvalue weighted by Gasteiger charge is -2.35. The quantitative estimate of drug-likeness (QED) is 0.875. The van der Waals surface area contributed by atoms with E-state index in [1.54, 1.807) is 53.3 Å². The van der Waals surface area contributed by atoms with Crippen LogP contribution in [0.2, 0.25) is 0 Å². The van der Waals surface area contributed by atoms with E-state index in [0.717, 1.165) is 5.56 Å². The molecule has 0 radical (unpaired) electrons. The molecule has 0 spiro atoms. The molecule has 0 atom stereocenters. The first-order chi connectivity index (χ1) is 13.4. The number of carbonyl (C=O) groups is 2. The van der Waals surface area contributed by atoms with Gasteiger partial charge in [0.2, 0.25) is 0 Å². The molecular weight excluding hydrogens is 360 g/mol. The van der Waals surface area contributed by atoms with Crippen LogP contribution in [-0.2, 0) is 0 Å². The van der Waals surface area contributed by atoms with E-state index in [1.807, 2.05) is 6.92 Å². The van der Waals surface area contributed by atoms with Gasteiger partial charge in [-0.1, -0.05) is 6.07 Å². The zero-order chi connectivity index (χ0) is 20.3. The minimum absolute atomic E-state index is 0.0196. The minimum atomic E-state index is -0.226. The van der Waals surface area contributed by atoms with Crippen molar-refractivity contribution in [2.45, 2.75) is 6.92 Å². The number of hydrogen-bond donors (Lipinski definition) is 1. The molecule has 7 nitrogen and oxygen atoms in total. The van der Waals surface area contributed by atoms with E-state index in [9.17, 15) is 14.7 Å². The van der Waals surface area contributed by atoms with Crippen molar-refractivity contribution in [1.82, 2.24) is 9.80 Å². The number of methoxy groups -OCH3 is 2. The van der Waals surface area contributed by atoms with Crippen molar-refractivity contribution in [3.05, 3.63) is 53.1 Å². The maximum Gasteiger partial charge on any atom is 0.257 e. The van der Waals surface area contributed by atoms with E-state index < -0.39 is 0 Å². The second-order valence-electron chi connectivity index (χ2n) is 6.67. The van der Waals surface area contributed by atoms with Crippen molar-refractivity contribution >= 4 is 11.8 Å². The number of phenolic OH excluding ortho intramolecular Hbond substituents is 1. The Kier molecular flexibility index (Phi) is 5.73. The van der Waals surface area contributed by atoms with E-state index in [0.29, 0.717) is 43.2 Å². The van der Waals surface area contributed by atoms with Gasteiger partial charge in [-0.15, -0.1) is 0 Å². The van der Waals surface area contributed by atoms with Gasteiger partial charge in [0.25, 0.3) is 11.8 Å². The lowest BCUT2D eigenvalue weighted by atomic mass is 10.1. The Morgan fingerprint density at radius 1 is 0.857 bits per heavy atom. The van der Waals surface area contributed by atoms with Crippen LogP contribution in [0, 0.1) is 6.92 Å². The maximum absolute atomic E-state index is 12.8. The summed E-state index contributed by atoms with van der Waals surface area (Å²) in [6.07, 6.45) is 0. The third-order valence-electron chi connectivity index (χ3n) is 4.87. The van der Waals surface area contributed by atoms with Crippen molar-refractivity contribution in [1.29, 1.82) is 0 Å². The number of aromatic hydroxyl groups is 1. The summed E-state index contributed by atoms with van der Waals surface area (Å²) in [5.74, 6) is 0.695. The van der Waals surface area contributed by atoms with Gasteiger partial charge in [0.15, 0.2) is 11.5 Å². The fourth-order valence-electron chi connectivity index (χ4n) is 3.26. The average Bonchev–Trinajstić information content (AvgIpc) is 2.72. The van der Waals surface area contributed by atoms with Gasteiger partial charge < -0.3 is 24.4 Å². The van der Waals surface area contributed by atoms with Gasteiger partial charge >= 0.3 is 0 Å². The van der Waals surface area contributed by atoms with Gasteiger partial charge in [-0.3, -0.25) is 9.59 Å². The number of rotatable bonds is 4. The molecule has 0 unspecified atom stereocenters. The molecule has 28 heavy (non-hydrogen) atoms. The summed E-state index contributed by atoms with van der Waals surface area (Å²) in [7, 11) is 3.07. The van der Waals surface area contributed by atoms with E-state index in [4.69, 9.17) is 9.47 Å². The summed E-state index contributed by atoms with van der Waals surface area (Å²) in [5.41, 5.74) is 1.68. The lowest BCUT2D eigenvalue weighted by molar-refractivity contribution is 0.0533. The molecule has 1 saturated heterocycles. The third kappa shape index (κ3) is 3.88. The Hall–Kier alpha value is -3.22. The Labute approximate surface area is 164 Å². The molecule has 148 valence electrons. The van der Waals surface area contributed by atoms with Gasteiger partial charge in [0, 0.05) is 31.7 Å². The molecule has 0 bridgehead atoms. The van der Waals surface area contributed by atoms with Crippen LogP contribution in [0.5, 0.6) is 17.2 Å². The standard InChI is InChI=1S/C21H24N2O5/c1-14-4-6-16(17(24)12-14)21(26)23-10-8-22(9-11-23)20(25)15-5-7-18(27-2)19(13-15)28-3/h4-7,12-13,24H,8-11H2,1-3H3. The largest absolute Gasteiger partial charge is 0.507 e. The van der Waals surface area contributed by atoms with Gasteiger partial charge in [-0.05, 0) is 42.8 Å². The molecule has 2 aromatic rings. The molecule has 0 aliphatic carbocycles. The summed E-state index contributed by atoms with van der Waals surface area (Å²) >= 11 is 0. The Balaban J connectivity index is 1.66. The van der Waals surface area contributed by atoms with Crippen molar-refractivity contribution in [3.8, 4) is 17.2 Å². The highest BCUT2D eigenvalue weighted by Gasteiger charge is 2.27. The fourth-order valence-corrected chi connectivity index (χ4v) is 3.26. The van der Waals surface area contributed by atoms with Crippen LogP contribution in [0.15, 0.2) is 36.4 Å². The molecule has 0 saturated carbocycles. The molecule has 1 aliphatic heterocycles. The van der Waals surface area contributed by atoms with Crippen molar-refractivity contribution in [2.24, 2.45) is 0 Å². The second-order valence-corrected chi connectivity index (χ2v) is 6.67. The summed E-state index contributed by atoms with van der Waals surface area (Å²) in [6, 6.07) is 10.1. The van der Waals surface area contributed by atoms with Crippen LogP contribution in [-0.4, -0.2) is 67.1 Å². The van der Waals surface area contributed by atoms with Gasteiger partial charge in [0.1, 0.15) is 5.75 Å². The van der Waals surface area contributed by atoms with E-state index >= 15 is 0 Å². The van der Waals surface area contributed by atoms with E-state index in [2.05, 4.69) is 0 Å². The Morgan fingerprint density at radius 3 is 2.04 bits per heavy atom. The third-order valence-corrected chi connectivity index (χ3v) is 4.87. The summed E-state index contributed by atoms with van der Waals surface area (Å²) < 4.78 is 10.5. The number of ether oxygens (including phenoxy) is 2. The molecule has 2 amide bonds. The predicted molar refractivity (Wildman–Crippen MR) is 104 cm³/mol. The lowest BCUT2D eigenvalue weighted by Crippen LogP contribution is -2.50. The minimum Gasteiger partial charge on any atom is -0.507 e. The number of phenols is 1. The predicted octanol–water partition coefficient (Wildman–Crippen LogP) is 2.32. The van der Waals surface area contributed by atoms with Gasteiger partial charge in [0.05, 0.1) is 19.8 Å². The van der Waals surface area contributed by atoms with Crippen LogP contribution in [0.25, 0.3) is 0 Å². The molecule has 1 fully saturated rings. The zero-order valence-corrected chi connectivity index (χ0v) is 16.3. The Morgan fingerprint density at radius 2 is 1.46 bits per heavy atom. The number of aryl methyl sites for hydroxylation is 1. The van der Waals surface area contributed by atoms with Crippen LogP contribution >= 0.6 is 0 Å². The Bertz CT molecular complexity index is 888. The van der Waals surface area contributed by atoms with Crippen molar-refractivity contribution in [3.63, 3.8) is 0 Å². The monoisotopic (exact) mass is 384 g/mol. The molecule has 7 heteroatoms. The van der Waals surface area contributed by atoms with Crippen LogP contribution in [0.1, 0.15) is 26.3 Å². The molecule has 0 aromatic heterocycles. The number of nitrogens with zero attached hydrogens (tertiary/aromatic N) is 2. The molecule has 1 aliphatic rings. The van der Waals surface area contributed by atoms with E-state index in [-0.39, 0.29) is 23.1 Å². The number of piperazine rings is 1. The maximum atomic E-state index is 12.8. The molecule has 3 rings (SSSR count). The van der Waals surface area contributed by atoms with Crippen LogP contribution in [0.4, 0.5) is 0 Å². The van der Waals surface area contributed by atoms with Gasteiger partial charge in [-0.25, -0.2) is 0 Å². The van der Waals surface area contributed by atoms with E-state index in [1.165, 1.54) is 7.11 Å². The molecule has 1 heterocycles. The zero-order valence-electron chi connectivity index (χ0n) is 16.3. The molecule has 1 N–H and O–H groups in total. The normalized spacial score (nSPS) is 14.0. The number of benzene rings is 2. The topological polar surface area (TPSA) is 79.3 Å². The van der Waals surface area contributed by atoms with Gasteiger partial charge in [-0.2, -0.15) is 0 Å². The number of amides is 2. The fraction of sp³-hybridized carbons (Fsp3) is 0.333. The smallest absolute Gasteiger partial charge is 0.257 e.